The number of H-pyrrole nitrogens is 1. The maximum Gasteiger partial charge on any atom is 0.397 e. The van der Waals surface area contributed by atoms with Gasteiger partial charge < -0.3 is 36.6 Å². The number of aromatic amines is 1. The van der Waals surface area contributed by atoms with Gasteiger partial charge in [0.15, 0.2) is 11.5 Å². The Bertz CT molecular complexity index is 1330. The lowest BCUT2D eigenvalue weighted by molar-refractivity contribution is -0.153. The number of rotatable bonds is 10. The van der Waals surface area contributed by atoms with Crippen LogP contribution in [0.4, 0.5) is 23.1 Å². The number of hydrogen-bond acceptors (Lipinski definition) is 11. The normalized spacial score (nSPS) is 14.8. The minimum atomic E-state index is -1.37. The first-order valence-electron chi connectivity index (χ1n) is 11.7. The highest BCUT2D eigenvalue weighted by Crippen LogP contribution is 2.27. The Kier molecular flexibility index (Phi) is 9.03. The lowest BCUT2D eigenvalue weighted by Crippen LogP contribution is -2.55. The summed E-state index contributed by atoms with van der Waals surface area (Å²) in [4.78, 5) is 79.5. The number of hydrogen-bond donors (Lipinski definition) is 7. The zero-order valence-electron chi connectivity index (χ0n) is 20.7. The number of aromatic nitrogens is 2. The molecule has 0 aliphatic carbocycles. The molecule has 0 bridgehead atoms. The van der Waals surface area contributed by atoms with Crippen molar-refractivity contribution < 1.29 is 38.9 Å². The maximum atomic E-state index is 12.9. The number of nitrogens with one attached hydrogen (secondary N) is 4. The Morgan fingerprint density at radius 3 is 2.51 bits per heavy atom. The highest BCUT2D eigenvalue weighted by molar-refractivity contribution is 6.38. The Hall–Kier alpha value is -5.15. The molecule has 0 radical (unpaired) electrons. The van der Waals surface area contributed by atoms with Gasteiger partial charge in [-0.15, -0.1) is 0 Å². The number of anilines is 4. The van der Waals surface area contributed by atoms with Gasteiger partial charge >= 0.3 is 23.8 Å². The summed E-state index contributed by atoms with van der Waals surface area (Å²) in [5.74, 6) is -5.60. The molecule has 2 aromatic rings. The quantitative estimate of drug-likeness (QED) is 0.143. The molecule has 39 heavy (non-hydrogen) atoms. The molecule has 8 N–H and O–H groups in total. The number of esters is 1. The Balaban J connectivity index is 1.73. The van der Waals surface area contributed by atoms with Gasteiger partial charge in [-0.05, 0) is 37.6 Å². The van der Waals surface area contributed by atoms with Crippen LogP contribution in [-0.2, 0) is 23.9 Å². The highest BCUT2D eigenvalue weighted by Gasteiger charge is 2.38. The van der Waals surface area contributed by atoms with Crippen LogP contribution >= 0.6 is 0 Å². The van der Waals surface area contributed by atoms with Crippen LogP contribution in [0.2, 0.25) is 0 Å². The van der Waals surface area contributed by atoms with Crippen molar-refractivity contribution in [1.82, 2.24) is 15.3 Å². The monoisotopic (exact) mass is 545 g/mol. The summed E-state index contributed by atoms with van der Waals surface area (Å²) >= 11 is 0. The summed E-state index contributed by atoms with van der Waals surface area (Å²) in [7, 11) is 0. The Morgan fingerprint density at radius 1 is 1.21 bits per heavy atom. The smallest absolute Gasteiger partial charge is 0.397 e. The number of carboxylic acids is 2. The summed E-state index contributed by atoms with van der Waals surface area (Å²) in [6.07, 6.45) is -0.702. The van der Waals surface area contributed by atoms with Crippen LogP contribution in [-0.4, -0.2) is 81.7 Å². The van der Waals surface area contributed by atoms with E-state index in [9.17, 15) is 33.9 Å². The molecule has 1 aliphatic rings. The average Bonchev–Trinajstić information content (AvgIpc) is 2.89. The van der Waals surface area contributed by atoms with Gasteiger partial charge in [0, 0.05) is 30.8 Å². The molecular formula is C23H27N7O9. The van der Waals surface area contributed by atoms with Crippen molar-refractivity contribution in [3.05, 3.63) is 40.2 Å². The van der Waals surface area contributed by atoms with Gasteiger partial charge in [-0.2, -0.15) is 4.98 Å². The minimum absolute atomic E-state index is 0.0310. The van der Waals surface area contributed by atoms with E-state index < -0.39 is 53.8 Å². The number of carbonyl (C=O) groups is 5. The van der Waals surface area contributed by atoms with Crippen LogP contribution in [0.15, 0.2) is 29.1 Å². The molecule has 208 valence electrons. The number of aliphatic carboxylic acids is 2. The number of carbonyl (C=O) groups excluding carboxylic acids is 3. The molecule has 0 spiro atoms. The third kappa shape index (κ3) is 7.00. The molecule has 1 aromatic carbocycles. The molecule has 0 saturated heterocycles. The molecule has 2 unspecified atom stereocenters. The van der Waals surface area contributed by atoms with E-state index in [0.29, 0.717) is 5.69 Å². The molecule has 2 heterocycles. The minimum Gasteiger partial charge on any atom is -0.481 e. The molecule has 2 atom stereocenters. The van der Waals surface area contributed by atoms with Gasteiger partial charge in [-0.1, -0.05) is 0 Å². The molecule has 0 fully saturated rings. The number of carboxylic acid groups (broad SMARTS) is 2. The second kappa shape index (κ2) is 12.4. The van der Waals surface area contributed by atoms with Crippen LogP contribution in [0.25, 0.3) is 0 Å². The highest BCUT2D eigenvalue weighted by atomic mass is 16.5. The van der Waals surface area contributed by atoms with Crippen molar-refractivity contribution in [2.45, 2.75) is 31.8 Å². The summed E-state index contributed by atoms with van der Waals surface area (Å²) in [6.45, 7) is 1.65. The van der Waals surface area contributed by atoms with E-state index in [1.165, 1.54) is 31.2 Å². The average molecular weight is 546 g/mol. The number of nitrogens with two attached hydrogens (primary N) is 1. The third-order valence-corrected chi connectivity index (χ3v) is 5.63. The number of nitrogens with zero attached hydrogens (tertiary/aromatic N) is 2. The summed E-state index contributed by atoms with van der Waals surface area (Å²) in [6, 6.07) is 3.78. The fourth-order valence-electron chi connectivity index (χ4n) is 3.78. The van der Waals surface area contributed by atoms with Crippen LogP contribution in [0.1, 0.15) is 30.1 Å². The number of benzene rings is 1. The zero-order chi connectivity index (χ0) is 28.7. The molecule has 2 amide bonds. The summed E-state index contributed by atoms with van der Waals surface area (Å²) < 4.78 is 4.82. The molecule has 16 nitrogen and oxygen atoms in total. The molecular weight excluding hydrogens is 518 g/mol. The SMILES string of the molecule is CCOC(=O)C(=O)N1c2c(nc(N)[nH]c2=O)NCC1CNc1ccc(C(=O)NC(CCC(=O)O)C(=O)O)cc1. The van der Waals surface area contributed by atoms with E-state index in [4.69, 9.17) is 15.6 Å². The maximum absolute atomic E-state index is 12.9. The molecule has 1 aromatic heterocycles. The third-order valence-electron chi connectivity index (χ3n) is 5.63. The van der Waals surface area contributed by atoms with Crippen molar-refractivity contribution in [2.75, 3.05) is 41.0 Å². The lowest BCUT2D eigenvalue weighted by Gasteiger charge is -2.35. The Labute approximate surface area is 220 Å². The first-order valence-corrected chi connectivity index (χ1v) is 11.7. The lowest BCUT2D eigenvalue weighted by atomic mass is 10.1. The predicted molar refractivity (Wildman–Crippen MR) is 136 cm³/mol. The van der Waals surface area contributed by atoms with E-state index in [1.54, 1.807) is 0 Å². The second-order valence-corrected chi connectivity index (χ2v) is 8.33. The van der Waals surface area contributed by atoms with Gasteiger partial charge in [-0.25, -0.2) is 9.59 Å². The van der Waals surface area contributed by atoms with Crippen LogP contribution in [0.3, 0.4) is 0 Å². The van der Waals surface area contributed by atoms with Gasteiger partial charge in [0.2, 0.25) is 5.95 Å². The first kappa shape index (κ1) is 28.4. The van der Waals surface area contributed by atoms with Crippen LogP contribution in [0, 0.1) is 0 Å². The van der Waals surface area contributed by atoms with E-state index in [2.05, 4.69) is 25.9 Å². The largest absolute Gasteiger partial charge is 0.481 e. The number of amides is 2. The van der Waals surface area contributed by atoms with Crippen molar-refractivity contribution in [2.24, 2.45) is 0 Å². The van der Waals surface area contributed by atoms with Gasteiger partial charge in [0.25, 0.3) is 11.5 Å². The first-order chi connectivity index (χ1) is 18.5. The van der Waals surface area contributed by atoms with E-state index in [0.717, 1.165) is 4.90 Å². The predicted octanol–water partition coefficient (Wildman–Crippen LogP) is -0.798. The van der Waals surface area contributed by atoms with Crippen molar-refractivity contribution >= 4 is 52.9 Å². The zero-order valence-corrected chi connectivity index (χ0v) is 20.7. The van der Waals surface area contributed by atoms with Crippen molar-refractivity contribution in [3.8, 4) is 0 Å². The van der Waals surface area contributed by atoms with Gasteiger partial charge in [-0.3, -0.25) is 29.1 Å². The molecule has 16 heteroatoms. The molecule has 0 saturated carbocycles. The fraction of sp³-hybridized carbons (Fsp3) is 0.348. The van der Waals surface area contributed by atoms with Crippen LogP contribution in [0.5, 0.6) is 0 Å². The second-order valence-electron chi connectivity index (χ2n) is 8.33. The summed E-state index contributed by atoms with van der Waals surface area (Å²) in [5, 5.41) is 26.2. The van der Waals surface area contributed by atoms with E-state index in [1.807, 2.05) is 0 Å². The van der Waals surface area contributed by atoms with Crippen molar-refractivity contribution in [3.63, 3.8) is 0 Å². The fourth-order valence-corrected chi connectivity index (χ4v) is 3.78. The van der Waals surface area contributed by atoms with Crippen LogP contribution < -0.4 is 32.1 Å². The molecule has 3 rings (SSSR count). The van der Waals surface area contributed by atoms with Gasteiger partial charge in [0.05, 0.1) is 12.6 Å². The standard InChI is InChI=1S/C23H27N7O9/c1-2-39-22(38)20(35)30-13(10-26-17-16(30)19(34)29-23(24)28-17)9-25-12-5-3-11(4-6-12)18(33)27-14(21(36)37)7-8-15(31)32/h3-6,13-14,25H,2,7-10H2,1H3,(H,27,33)(H,31,32)(H,36,37)(H4,24,26,28,29,34). The number of nitrogen functional groups attached to an aromatic ring is 1. The van der Waals surface area contributed by atoms with Crippen molar-refractivity contribution in [1.29, 1.82) is 0 Å². The topological polar surface area (TPSA) is 246 Å². The Morgan fingerprint density at radius 2 is 1.90 bits per heavy atom. The summed E-state index contributed by atoms with van der Waals surface area (Å²) in [5.41, 5.74) is 5.30. The van der Waals surface area contributed by atoms with E-state index >= 15 is 0 Å². The van der Waals surface area contributed by atoms with Gasteiger partial charge in [0.1, 0.15) is 6.04 Å². The molecule has 1 aliphatic heterocycles. The van der Waals surface area contributed by atoms with E-state index in [-0.39, 0.29) is 49.1 Å². The number of fused-ring (bicyclic) bond motifs is 1. The number of ether oxygens (including phenoxy) is 1.